The number of rotatable bonds is 2. The zero-order chi connectivity index (χ0) is 8.27. The summed E-state index contributed by atoms with van der Waals surface area (Å²) in [5, 5.41) is 1.11. The summed E-state index contributed by atoms with van der Waals surface area (Å²) in [5.74, 6) is 0. The van der Waals surface area contributed by atoms with Crippen LogP contribution in [0.2, 0.25) is 0 Å². The Morgan fingerprint density at radius 1 is 1.27 bits per heavy atom. The van der Waals surface area contributed by atoms with Crippen LogP contribution in [0.4, 0.5) is 0 Å². The summed E-state index contributed by atoms with van der Waals surface area (Å²) in [6, 6.07) is 1.60. The molecule has 2 heteroatoms. The minimum absolute atomic E-state index is 0.802. The summed E-state index contributed by atoms with van der Waals surface area (Å²) in [7, 11) is 0. The Morgan fingerprint density at radius 3 is 2.27 bits per heavy atom. The van der Waals surface area contributed by atoms with Gasteiger partial charge in [-0.2, -0.15) is 0 Å². The van der Waals surface area contributed by atoms with Crippen molar-refractivity contribution >= 4 is 15.9 Å². The second-order valence-electron chi connectivity index (χ2n) is 3.56. The van der Waals surface area contributed by atoms with E-state index in [0.717, 1.165) is 17.4 Å². The average Bonchev–Trinajstić information content (AvgIpc) is 1.97. The Balaban J connectivity index is 2.41. The fraction of sp³-hybridized carbons (Fsp3) is 1.00. The molecule has 1 heterocycles. The Morgan fingerprint density at radius 2 is 1.82 bits per heavy atom. The second-order valence-corrected chi connectivity index (χ2v) is 4.35. The zero-order valence-electron chi connectivity index (χ0n) is 7.52. The third kappa shape index (κ3) is 2.45. The molecule has 66 valence electrons. The van der Waals surface area contributed by atoms with Crippen molar-refractivity contribution in [2.75, 3.05) is 11.9 Å². The number of piperidine rings is 1. The van der Waals surface area contributed by atoms with Crippen LogP contribution in [0.3, 0.4) is 0 Å². The zero-order valence-corrected chi connectivity index (χ0v) is 9.10. The van der Waals surface area contributed by atoms with Gasteiger partial charge in [-0.15, -0.1) is 0 Å². The molecule has 0 aromatic carbocycles. The van der Waals surface area contributed by atoms with Crippen molar-refractivity contribution in [3.63, 3.8) is 0 Å². The van der Waals surface area contributed by atoms with Crippen molar-refractivity contribution in [2.45, 2.75) is 45.2 Å². The normalized spacial score (nSPS) is 34.1. The molecular formula is C9H18BrN. The summed E-state index contributed by atoms with van der Waals surface area (Å²) < 4.78 is 0. The standard InChI is InChI=1S/C9H18BrN/c1-8-4-3-5-9(2)11(8)7-6-10/h8-9H,3-7H2,1-2H3. The molecular weight excluding hydrogens is 202 g/mol. The Hall–Kier alpha value is 0.440. The molecule has 0 amide bonds. The highest BCUT2D eigenvalue weighted by Crippen LogP contribution is 2.21. The van der Waals surface area contributed by atoms with E-state index in [9.17, 15) is 0 Å². The third-order valence-corrected chi connectivity index (χ3v) is 3.07. The van der Waals surface area contributed by atoms with Gasteiger partial charge in [0.25, 0.3) is 0 Å². The molecule has 2 unspecified atom stereocenters. The molecule has 0 aromatic rings. The second kappa shape index (κ2) is 4.46. The van der Waals surface area contributed by atoms with Gasteiger partial charge in [0.2, 0.25) is 0 Å². The van der Waals surface area contributed by atoms with Gasteiger partial charge in [0.05, 0.1) is 0 Å². The fourth-order valence-corrected chi connectivity index (χ4v) is 2.42. The van der Waals surface area contributed by atoms with Crippen LogP contribution in [0.25, 0.3) is 0 Å². The molecule has 0 spiro atoms. The first kappa shape index (κ1) is 9.53. The average molecular weight is 220 g/mol. The van der Waals surface area contributed by atoms with Gasteiger partial charge in [-0.25, -0.2) is 0 Å². The molecule has 1 fully saturated rings. The minimum Gasteiger partial charge on any atom is -0.297 e. The molecule has 1 rings (SSSR count). The van der Waals surface area contributed by atoms with E-state index in [1.807, 2.05) is 0 Å². The monoisotopic (exact) mass is 219 g/mol. The van der Waals surface area contributed by atoms with E-state index in [1.165, 1.54) is 25.8 Å². The molecule has 0 aromatic heterocycles. The number of likely N-dealkylation sites (tertiary alicyclic amines) is 1. The molecule has 1 aliphatic heterocycles. The van der Waals surface area contributed by atoms with Crippen molar-refractivity contribution in [1.82, 2.24) is 4.90 Å². The number of alkyl halides is 1. The molecule has 1 aliphatic rings. The Labute approximate surface area is 78.3 Å². The minimum atomic E-state index is 0.802. The van der Waals surface area contributed by atoms with Crippen molar-refractivity contribution in [2.24, 2.45) is 0 Å². The van der Waals surface area contributed by atoms with Gasteiger partial charge >= 0.3 is 0 Å². The number of nitrogens with zero attached hydrogens (tertiary/aromatic N) is 1. The highest BCUT2D eigenvalue weighted by atomic mass is 79.9. The molecule has 0 aliphatic carbocycles. The van der Waals surface area contributed by atoms with Gasteiger partial charge in [-0.3, -0.25) is 4.90 Å². The van der Waals surface area contributed by atoms with Crippen LogP contribution in [0, 0.1) is 0 Å². The van der Waals surface area contributed by atoms with E-state index in [1.54, 1.807) is 0 Å². The molecule has 1 saturated heterocycles. The molecule has 0 bridgehead atoms. The first-order chi connectivity index (χ1) is 5.25. The maximum Gasteiger partial charge on any atom is 0.0159 e. The first-order valence-electron chi connectivity index (χ1n) is 4.57. The van der Waals surface area contributed by atoms with Gasteiger partial charge in [0.15, 0.2) is 0 Å². The third-order valence-electron chi connectivity index (χ3n) is 2.72. The van der Waals surface area contributed by atoms with Crippen molar-refractivity contribution in [3.8, 4) is 0 Å². The van der Waals surface area contributed by atoms with Crippen LogP contribution in [0.5, 0.6) is 0 Å². The highest BCUT2D eigenvalue weighted by Gasteiger charge is 2.23. The van der Waals surface area contributed by atoms with Crippen LogP contribution >= 0.6 is 15.9 Å². The maximum atomic E-state index is 3.50. The van der Waals surface area contributed by atoms with Crippen molar-refractivity contribution < 1.29 is 0 Å². The van der Waals surface area contributed by atoms with E-state index in [2.05, 4.69) is 34.7 Å². The van der Waals surface area contributed by atoms with Gasteiger partial charge in [-0.05, 0) is 26.7 Å². The fourth-order valence-electron chi connectivity index (χ4n) is 2.01. The van der Waals surface area contributed by atoms with Gasteiger partial charge in [-0.1, -0.05) is 22.4 Å². The number of hydrogen-bond donors (Lipinski definition) is 0. The SMILES string of the molecule is CC1CCCC(C)N1CCBr. The summed E-state index contributed by atoms with van der Waals surface area (Å²) >= 11 is 3.50. The molecule has 11 heavy (non-hydrogen) atoms. The lowest BCUT2D eigenvalue weighted by molar-refractivity contribution is 0.112. The topological polar surface area (TPSA) is 3.24 Å². The van der Waals surface area contributed by atoms with Gasteiger partial charge in [0.1, 0.15) is 0 Å². The van der Waals surface area contributed by atoms with Crippen LogP contribution in [0.15, 0.2) is 0 Å². The number of halogens is 1. The van der Waals surface area contributed by atoms with Crippen LogP contribution in [-0.4, -0.2) is 28.9 Å². The molecule has 2 atom stereocenters. The van der Waals surface area contributed by atoms with Crippen molar-refractivity contribution in [3.05, 3.63) is 0 Å². The van der Waals surface area contributed by atoms with Crippen LogP contribution in [0.1, 0.15) is 33.1 Å². The predicted molar refractivity (Wildman–Crippen MR) is 53.3 cm³/mol. The Kier molecular flexibility index (Phi) is 3.86. The lowest BCUT2D eigenvalue weighted by Gasteiger charge is -2.38. The predicted octanol–water partition coefficient (Wildman–Crippen LogP) is 2.64. The van der Waals surface area contributed by atoms with Crippen LogP contribution < -0.4 is 0 Å². The van der Waals surface area contributed by atoms with E-state index in [0.29, 0.717) is 0 Å². The van der Waals surface area contributed by atoms with Crippen LogP contribution in [-0.2, 0) is 0 Å². The quantitative estimate of drug-likeness (QED) is 0.646. The smallest absolute Gasteiger partial charge is 0.0159 e. The Bertz CT molecular complexity index is 106. The van der Waals surface area contributed by atoms with E-state index < -0.39 is 0 Å². The molecule has 0 radical (unpaired) electrons. The van der Waals surface area contributed by atoms with Gasteiger partial charge in [0, 0.05) is 24.0 Å². The molecule has 0 N–H and O–H groups in total. The van der Waals surface area contributed by atoms with Crippen molar-refractivity contribution in [1.29, 1.82) is 0 Å². The lowest BCUT2D eigenvalue weighted by Crippen LogP contribution is -2.44. The molecule has 1 nitrogen and oxygen atoms in total. The van der Waals surface area contributed by atoms with E-state index in [4.69, 9.17) is 0 Å². The summed E-state index contributed by atoms with van der Waals surface area (Å²) in [5.41, 5.74) is 0. The summed E-state index contributed by atoms with van der Waals surface area (Å²) in [6.45, 7) is 5.90. The maximum absolute atomic E-state index is 3.50. The summed E-state index contributed by atoms with van der Waals surface area (Å²) in [6.07, 6.45) is 4.19. The molecule has 0 saturated carbocycles. The summed E-state index contributed by atoms with van der Waals surface area (Å²) in [4.78, 5) is 2.61. The number of hydrogen-bond acceptors (Lipinski definition) is 1. The van der Waals surface area contributed by atoms with E-state index in [-0.39, 0.29) is 0 Å². The van der Waals surface area contributed by atoms with E-state index >= 15 is 0 Å². The largest absolute Gasteiger partial charge is 0.297 e. The first-order valence-corrected chi connectivity index (χ1v) is 5.69. The lowest BCUT2D eigenvalue weighted by atomic mass is 9.98. The highest BCUT2D eigenvalue weighted by molar-refractivity contribution is 9.09. The van der Waals surface area contributed by atoms with Gasteiger partial charge < -0.3 is 0 Å².